The van der Waals surface area contributed by atoms with E-state index in [1.807, 2.05) is 0 Å². The maximum Gasteiger partial charge on any atom is 0.329 e. The normalized spacial score (nSPS) is 23.8. The van der Waals surface area contributed by atoms with Crippen molar-refractivity contribution in [2.75, 3.05) is 7.05 Å². The minimum Gasteiger partial charge on any atom is -0.480 e. The molecule has 0 spiro atoms. The highest BCUT2D eigenvalue weighted by atomic mass is 16.4. The van der Waals surface area contributed by atoms with E-state index in [0.717, 1.165) is 12.8 Å². The van der Waals surface area contributed by atoms with Gasteiger partial charge >= 0.3 is 5.97 Å². The number of carbonyl (C=O) groups excluding carboxylic acids is 2. The van der Waals surface area contributed by atoms with E-state index in [1.54, 1.807) is 18.2 Å². The Morgan fingerprint density at radius 3 is 2.22 bits per heavy atom. The predicted octanol–water partition coefficient (Wildman–Crippen LogP) is 1.81. The summed E-state index contributed by atoms with van der Waals surface area (Å²) in [4.78, 5) is 35.8. The summed E-state index contributed by atoms with van der Waals surface area (Å²) in [6, 6.07) is 6.25. The van der Waals surface area contributed by atoms with Gasteiger partial charge in [-0.15, -0.1) is 0 Å². The lowest BCUT2D eigenvalue weighted by atomic mass is 9.77. The number of nitrogens with one attached hydrogen (secondary N) is 2. The zero-order valence-corrected chi connectivity index (χ0v) is 13.4. The number of carboxylic acids is 1. The maximum absolute atomic E-state index is 12.5. The van der Waals surface area contributed by atoms with Crippen LogP contribution in [0.3, 0.4) is 0 Å². The molecule has 3 N–H and O–H groups in total. The number of carbonyl (C=O) groups is 3. The van der Waals surface area contributed by atoms with Crippen molar-refractivity contribution in [3.05, 3.63) is 35.4 Å². The summed E-state index contributed by atoms with van der Waals surface area (Å²) in [5, 5.41) is 14.8. The van der Waals surface area contributed by atoms with Crippen molar-refractivity contribution >= 4 is 17.8 Å². The lowest BCUT2D eigenvalue weighted by Crippen LogP contribution is -2.56. The third-order valence-electron chi connectivity index (χ3n) is 4.50. The molecule has 0 aliphatic heterocycles. The fourth-order valence-corrected chi connectivity index (χ4v) is 2.88. The molecule has 0 unspecified atom stereocenters. The molecule has 1 aliphatic carbocycles. The Morgan fingerprint density at radius 1 is 1.13 bits per heavy atom. The first kappa shape index (κ1) is 17.0. The van der Waals surface area contributed by atoms with Gasteiger partial charge in [-0.05, 0) is 49.8 Å². The van der Waals surface area contributed by atoms with Crippen LogP contribution < -0.4 is 10.6 Å². The highest BCUT2D eigenvalue weighted by molar-refractivity contribution is 6.01. The van der Waals surface area contributed by atoms with E-state index < -0.39 is 17.4 Å². The van der Waals surface area contributed by atoms with E-state index in [4.69, 9.17) is 0 Å². The summed E-state index contributed by atoms with van der Waals surface area (Å²) in [5.74, 6) is -1.29. The van der Waals surface area contributed by atoms with Crippen LogP contribution in [0.15, 0.2) is 24.3 Å². The summed E-state index contributed by atoms with van der Waals surface area (Å²) in [6.45, 7) is 2.08. The summed E-state index contributed by atoms with van der Waals surface area (Å²) < 4.78 is 0. The average molecular weight is 318 g/mol. The van der Waals surface area contributed by atoms with Crippen LogP contribution >= 0.6 is 0 Å². The van der Waals surface area contributed by atoms with Gasteiger partial charge < -0.3 is 15.7 Å². The molecular weight excluding hydrogens is 296 g/mol. The van der Waals surface area contributed by atoms with Crippen LogP contribution in [-0.2, 0) is 4.79 Å². The quantitative estimate of drug-likeness (QED) is 0.789. The van der Waals surface area contributed by atoms with Gasteiger partial charge in [0.05, 0.1) is 0 Å². The van der Waals surface area contributed by atoms with Crippen molar-refractivity contribution in [3.63, 3.8) is 0 Å². The largest absolute Gasteiger partial charge is 0.480 e. The van der Waals surface area contributed by atoms with Gasteiger partial charge in [-0.3, -0.25) is 9.59 Å². The van der Waals surface area contributed by atoms with Gasteiger partial charge in [0.15, 0.2) is 0 Å². The van der Waals surface area contributed by atoms with Gasteiger partial charge in [-0.1, -0.05) is 13.0 Å². The van der Waals surface area contributed by atoms with E-state index in [9.17, 15) is 19.5 Å². The second-order valence-corrected chi connectivity index (χ2v) is 6.18. The summed E-state index contributed by atoms with van der Waals surface area (Å²) in [7, 11) is 1.51. The highest BCUT2D eigenvalue weighted by Gasteiger charge is 2.42. The fraction of sp³-hybridized carbons (Fsp3) is 0.471. The number of benzene rings is 1. The molecule has 0 bridgehead atoms. The molecule has 6 nitrogen and oxygen atoms in total. The zero-order chi connectivity index (χ0) is 17.0. The number of hydrogen-bond donors (Lipinski definition) is 3. The molecule has 0 aromatic heterocycles. The van der Waals surface area contributed by atoms with Crippen molar-refractivity contribution in [3.8, 4) is 0 Å². The minimum absolute atomic E-state index is 0.283. The Balaban J connectivity index is 2.20. The van der Waals surface area contributed by atoms with Crippen LogP contribution in [0.25, 0.3) is 0 Å². The van der Waals surface area contributed by atoms with Crippen LogP contribution in [0.4, 0.5) is 0 Å². The van der Waals surface area contributed by atoms with Gasteiger partial charge in [0.25, 0.3) is 11.8 Å². The molecule has 124 valence electrons. The van der Waals surface area contributed by atoms with Gasteiger partial charge in [-0.2, -0.15) is 0 Å². The monoisotopic (exact) mass is 318 g/mol. The Kier molecular flexibility index (Phi) is 5.03. The van der Waals surface area contributed by atoms with Crippen LogP contribution in [-0.4, -0.2) is 35.5 Å². The number of carboxylic acid groups (broad SMARTS) is 1. The molecule has 1 fully saturated rings. The molecule has 1 saturated carbocycles. The van der Waals surface area contributed by atoms with Crippen LogP contribution in [0, 0.1) is 5.92 Å². The minimum atomic E-state index is -1.22. The Hall–Kier alpha value is -2.37. The molecule has 2 amide bonds. The second kappa shape index (κ2) is 6.81. The van der Waals surface area contributed by atoms with Crippen LogP contribution in [0.5, 0.6) is 0 Å². The molecule has 0 radical (unpaired) electrons. The van der Waals surface area contributed by atoms with Crippen molar-refractivity contribution in [2.24, 2.45) is 5.92 Å². The SMILES string of the molecule is CNC(=O)c1cccc(C(=O)NC2(C(=O)O)CCC(C)CC2)c1. The van der Waals surface area contributed by atoms with Crippen molar-refractivity contribution < 1.29 is 19.5 Å². The van der Waals surface area contributed by atoms with Crippen molar-refractivity contribution in [1.29, 1.82) is 0 Å². The van der Waals surface area contributed by atoms with E-state index in [1.165, 1.54) is 13.1 Å². The molecule has 1 aromatic carbocycles. The topological polar surface area (TPSA) is 95.5 Å². The summed E-state index contributed by atoms with van der Waals surface area (Å²) in [6.07, 6.45) is 2.38. The molecule has 6 heteroatoms. The molecule has 23 heavy (non-hydrogen) atoms. The first-order valence-corrected chi connectivity index (χ1v) is 7.76. The molecule has 1 aromatic rings. The van der Waals surface area contributed by atoms with Gasteiger partial charge in [0.2, 0.25) is 0 Å². The average Bonchev–Trinajstić information content (AvgIpc) is 2.56. The van der Waals surface area contributed by atoms with Crippen molar-refractivity contribution in [1.82, 2.24) is 10.6 Å². The third-order valence-corrected chi connectivity index (χ3v) is 4.50. The van der Waals surface area contributed by atoms with Crippen LogP contribution in [0.2, 0.25) is 0 Å². The number of aliphatic carboxylic acids is 1. The van der Waals surface area contributed by atoms with E-state index in [2.05, 4.69) is 17.6 Å². The summed E-state index contributed by atoms with van der Waals surface area (Å²) in [5.41, 5.74) is -0.570. The second-order valence-electron chi connectivity index (χ2n) is 6.18. The maximum atomic E-state index is 12.5. The zero-order valence-electron chi connectivity index (χ0n) is 13.4. The van der Waals surface area contributed by atoms with Crippen molar-refractivity contribution in [2.45, 2.75) is 38.1 Å². The van der Waals surface area contributed by atoms with Gasteiger partial charge in [0, 0.05) is 18.2 Å². The van der Waals surface area contributed by atoms with Gasteiger partial charge in [0.1, 0.15) is 5.54 Å². The molecular formula is C17H22N2O4. The van der Waals surface area contributed by atoms with Crippen LogP contribution in [0.1, 0.15) is 53.3 Å². The van der Waals surface area contributed by atoms with E-state index >= 15 is 0 Å². The molecule has 0 heterocycles. The van der Waals surface area contributed by atoms with E-state index in [0.29, 0.717) is 24.3 Å². The first-order valence-electron chi connectivity index (χ1n) is 7.76. The van der Waals surface area contributed by atoms with E-state index in [-0.39, 0.29) is 11.5 Å². The molecule has 2 rings (SSSR count). The number of rotatable bonds is 4. The Morgan fingerprint density at radius 2 is 1.70 bits per heavy atom. The standard InChI is InChI=1S/C17H22N2O4/c1-11-6-8-17(9-7-11,16(22)23)19-15(21)13-5-3-4-12(10-13)14(20)18-2/h3-5,10-11H,6-9H2,1-2H3,(H,18,20)(H,19,21)(H,22,23). The highest BCUT2D eigenvalue weighted by Crippen LogP contribution is 2.32. The Labute approximate surface area is 135 Å². The fourth-order valence-electron chi connectivity index (χ4n) is 2.88. The lowest BCUT2D eigenvalue weighted by Gasteiger charge is -2.36. The number of hydrogen-bond acceptors (Lipinski definition) is 3. The smallest absolute Gasteiger partial charge is 0.329 e. The molecule has 1 aliphatic rings. The predicted molar refractivity (Wildman–Crippen MR) is 85.3 cm³/mol. The third kappa shape index (κ3) is 3.70. The Bertz CT molecular complexity index is 619. The van der Waals surface area contributed by atoms with Gasteiger partial charge in [-0.25, -0.2) is 4.79 Å². The molecule has 0 saturated heterocycles. The molecule has 0 atom stereocenters. The number of amides is 2. The first-order chi connectivity index (χ1) is 10.9. The lowest BCUT2D eigenvalue weighted by molar-refractivity contribution is -0.146. The summed E-state index contributed by atoms with van der Waals surface area (Å²) >= 11 is 0.